The molecule has 0 saturated carbocycles. The Morgan fingerprint density at radius 1 is 1.08 bits per heavy atom. The third-order valence-electron chi connectivity index (χ3n) is 4.30. The molecule has 0 fully saturated rings. The van der Waals surface area contributed by atoms with Crippen molar-refractivity contribution in [3.63, 3.8) is 0 Å². The molecule has 0 radical (unpaired) electrons. The van der Waals surface area contributed by atoms with Crippen molar-refractivity contribution in [1.82, 2.24) is 4.72 Å². The summed E-state index contributed by atoms with van der Waals surface area (Å²) in [4.78, 5) is 23.9. The van der Waals surface area contributed by atoms with Gasteiger partial charge in [-0.2, -0.15) is 0 Å². The third kappa shape index (κ3) is 3.98. The van der Waals surface area contributed by atoms with E-state index < -0.39 is 26.8 Å². The van der Waals surface area contributed by atoms with Gasteiger partial charge in [0.1, 0.15) is 5.78 Å². The first-order chi connectivity index (χ1) is 11.6. The minimum Gasteiger partial charge on any atom is -0.478 e. The summed E-state index contributed by atoms with van der Waals surface area (Å²) in [6.07, 6.45) is 1.64. The molecular weight excluding hydrogens is 354 g/mol. The zero-order valence-corrected chi connectivity index (χ0v) is 16.7. The van der Waals surface area contributed by atoms with E-state index in [2.05, 4.69) is 4.72 Å². The molecule has 0 bridgehead atoms. The maximum atomic E-state index is 12.6. The van der Waals surface area contributed by atoms with E-state index in [9.17, 15) is 23.1 Å². The molecule has 1 aliphatic rings. The lowest BCUT2D eigenvalue weighted by atomic mass is 9.85. The van der Waals surface area contributed by atoms with Gasteiger partial charge in [0.15, 0.2) is 0 Å². The van der Waals surface area contributed by atoms with Gasteiger partial charge in [0.25, 0.3) is 10.0 Å². The van der Waals surface area contributed by atoms with Crippen molar-refractivity contribution in [2.75, 3.05) is 0 Å². The average molecular weight is 379 g/mol. The van der Waals surface area contributed by atoms with E-state index in [-0.39, 0.29) is 22.7 Å². The van der Waals surface area contributed by atoms with E-state index in [1.807, 2.05) is 20.8 Å². The smallest absolute Gasteiger partial charge is 0.336 e. The van der Waals surface area contributed by atoms with Gasteiger partial charge in [-0.25, -0.2) is 13.2 Å². The van der Waals surface area contributed by atoms with E-state index in [1.54, 1.807) is 26.8 Å². The molecule has 0 unspecified atom stereocenters. The predicted molar refractivity (Wildman–Crippen MR) is 99.3 cm³/mol. The standard InChI is InChI=1S/C19H25NO5S/c1-18(2,3)15-8-12-7-11(9-16(21)19(4,5)6)13(17(22)23)10-14(12)26(24,25)20-15/h7-8,10,20H,9H2,1-6H3,(H,22,23). The molecule has 142 valence electrons. The molecule has 1 aromatic carbocycles. The largest absolute Gasteiger partial charge is 0.478 e. The van der Waals surface area contributed by atoms with Crippen LogP contribution in [0.1, 0.15) is 63.0 Å². The zero-order chi connectivity index (χ0) is 20.1. The fourth-order valence-electron chi connectivity index (χ4n) is 2.53. The van der Waals surface area contributed by atoms with Crippen LogP contribution in [0.3, 0.4) is 0 Å². The van der Waals surface area contributed by atoms with E-state index in [1.165, 1.54) is 6.07 Å². The van der Waals surface area contributed by atoms with Gasteiger partial charge < -0.3 is 5.11 Å². The monoisotopic (exact) mass is 379 g/mol. The number of sulfonamides is 1. The Morgan fingerprint density at radius 3 is 2.12 bits per heavy atom. The van der Waals surface area contributed by atoms with Crippen molar-refractivity contribution in [2.24, 2.45) is 10.8 Å². The Hall–Kier alpha value is -2.15. The fraction of sp³-hybridized carbons (Fsp3) is 0.474. The predicted octanol–water partition coefficient (Wildman–Crippen LogP) is 3.22. The molecule has 7 heteroatoms. The van der Waals surface area contributed by atoms with E-state index in [4.69, 9.17) is 0 Å². The maximum absolute atomic E-state index is 12.6. The number of Topliss-reactive ketones (excluding diaryl/α,β-unsaturated/α-hetero) is 1. The molecule has 0 saturated heterocycles. The van der Waals surface area contributed by atoms with Crippen LogP contribution in [0.15, 0.2) is 22.7 Å². The van der Waals surface area contributed by atoms with Gasteiger partial charge in [-0.05, 0) is 29.3 Å². The summed E-state index contributed by atoms with van der Waals surface area (Å²) in [5, 5.41) is 9.49. The number of ketones is 1. The van der Waals surface area contributed by atoms with Crippen LogP contribution < -0.4 is 4.72 Å². The molecule has 1 aromatic rings. The Bertz CT molecular complexity index is 912. The van der Waals surface area contributed by atoms with Crippen molar-refractivity contribution in [3.8, 4) is 0 Å². The first-order valence-electron chi connectivity index (χ1n) is 8.31. The number of carboxylic acid groups (broad SMARTS) is 1. The van der Waals surface area contributed by atoms with E-state index in [0.717, 1.165) is 6.07 Å². The molecule has 26 heavy (non-hydrogen) atoms. The van der Waals surface area contributed by atoms with Gasteiger partial charge in [0, 0.05) is 22.9 Å². The number of carbonyl (C=O) groups is 2. The second kappa shape index (κ2) is 6.23. The van der Waals surface area contributed by atoms with E-state index >= 15 is 0 Å². The fourth-order valence-corrected chi connectivity index (χ4v) is 3.99. The number of carboxylic acids is 1. The Balaban J connectivity index is 2.70. The van der Waals surface area contributed by atoms with Crippen LogP contribution in [0.25, 0.3) is 6.08 Å². The van der Waals surface area contributed by atoms with Crippen molar-refractivity contribution in [2.45, 2.75) is 52.9 Å². The van der Waals surface area contributed by atoms with Gasteiger partial charge >= 0.3 is 5.97 Å². The van der Waals surface area contributed by atoms with Crippen LogP contribution in [-0.4, -0.2) is 25.3 Å². The number of benzene rings is 1. The zero-order valence-electron chi connectivity index (χ0n) is 15.9. The molecular formula is C19H25NO5S. The quantitative estimate of drug-likeness (QED) is 0.840. The topological polar surface area (TPSA) is 101 Å². The molecule has 1 heterocycles. The summed E-state index contributed by atoms with van der Waals surface area (Å²) in [6, 6.07) is 2.65. The number of nitrogens with one attached hydrogen (secondary N) is 1. The summed E-state index contributed by atoms with van der Waals surface area (Å²) < 4.78 is 27.7. The lowest BCUT2D eigenvalue weighted by molar-refractivity contribution is -0.125. The van der Waals surface area contributed by atoms with Crippen LogP contribution in [-0.2, 0) is 21.2 Å². The van der Waals surface area contributed by atoms with Gasteiger partial charge in [0.05, 0.1) is 10.5 Å². The van der Waals surface area contributed by atoms with Crippen LogP contribution >= 0.6 is 0 Å². The maximum Gasteiger partial charge on any atom is 0.336 e. The molecule has 2 rings (SSSR count). The van der Waals surface area contributed by atoms with Gasteiger partial charge in [-0.15, -0.1) is 0 Å². The molecule has 0 spiro atoms. The molecule has 2 N–H and O–H groups in total. The minimum absolute atomic E-state index is 0.0649. The molecule has 0 aliphatic carbocycles. The SMILES string of the molecule is CC(C)(C)C(=O)Cc1cc2c(cc1C(=O)O)S(=O)(=O)NC(C(C)(C)C)=C2. The van der Waals surface area contributed by atoms with Crippen LogP contribution in [0.4, 0.5) is 0 Å². The number of hydrogen-bond acceptors (Lipinski definition) is 4. The molecule has 1 aliphatic heterocycles. The first-order valence-corrected chi connectivity index (χ1v) is 9.80. The molecule has 0 aromatic heterocycles. The minimum atomic E-state index is -3.87. The van der Waals surface area contributed by atoms with Gasteiger partial charge in [-0.3, -0.25) is 9.52 Å². The van der Waals surface area contributed by atoms with Gasteiger partial charge in [0.2, 0.25) is 0 Å². The van der Waals surface area contributed by atoms with Crippen LogP contribution in [0, 0.1) is 10.8 Å². The highest BCUT2D eigenvalue weighted by molar-refractivity contribution is 7.89. The van der Waals surface area contributed by atoms with Crippen molar-refractivity contribution in [1.29, 1.82) is 0 Å². The number of aromatic carboxylic acids is 1. The summed E-state index contributed by atoms with van der Waals surface area (Å²) in [5.74, 6) is -1.37. The number of fused-ring (bicyclic) bond motifs is 1. The number of hydrogen-bond donors (Lipinski definition) is 2. The molecule has 0 atom stereocenters. The van der Waals surface area contributed by atoms with Crippen molar-refractivity contribution < 1.29 is 23.1 Å². The first kappa shape index (κ1) is 20.2. The van der Waals surface area contributed by atoms with Crippen molar-refractivity contribution in [3.05, 3.63) is 34.5 Å². The molecule has 0 amide bonds. The number of carbonyl (C=O) groups excluding carboxylic acids is 1. The second-order valence-corrected chi connectivity index (χ2v) is 10.3. The highest BCUT2D eigenvalue weighted by Gasteiger charge is 2.32. The highest BCUT2D eigenvalue weighted by atomic mass is 32.2. The van der Waals surface area contributed by atoms with E-state index in [0.29, 0.717) is 16.8 Å². The lowest BCUT2D eigenvalue weighted by Gasteiger charge is -2.29. The number of rotatable bonds is 3. The van der Waals surface area contributed by atoms with Crippen LogP contribution in [0.2, 0.25) is 0 Å². The Labute approximate surface area is 154 Å². The Kier molecular flexibility index (Phi) is 4.83. The average Bonchev–Trinajstić information content (AvgIpc) is 2.43. The number of allylic oxidation sites excluding steroid dienone is 1. The van der Waals surface area contributed by atoms with Gasteiger partial charge in [-0.1, -0.05) is 41.5 Å². The van der Waals surface area contributed by atoms with Crippen molar-refractivity contribution >= 4 is 27.9 Å². The van der Waals surface area contributed by atoms with Crippen LogP contribution in [0.5, 0.6) is 0 Å². The summed E-state index contributed by atoms with van der Waals surface area (Å²) in [7, 11) is -3.87. The molecule has 6 nitrogen and oxygen atoms in total. The lowest BCUT2D eigenvalue weighted by Crippen LogP contribution is -2.33. The second-order valence-electron chi connectivity index (χ2n) is 8.62. The third-order valence-corrected chi connectivity index (χ3v) is 5.72. The summed E-state index contributed by atoms with van der Waals surface area (Å²) >= 11 is 0. The highest BCUT2D eigenvalue weighted by Crippen LogP contribution is 2.34. The summed E-state index contributed by atoms with van der Waals surface area (Å²) in [6.45, 7) is 10.9. The Morgan fingerprint density at radius 2 is 1.65 bits per heavy atom. The normalized spacial score (nSPS) is 16.3. The summed E-state index contributed by atoms with van der Waals surface area (Å²) in [5.41, 5.74) is 0.0113.